The minimum atomic E-state index is -0.240. The van der Waals surface area contributed by atoms with Crippen LogP contribution in [0, 0.1) is 12.8 Å². The molecule has 1 aliphatic heterocycles. The Morgan fingerprint density at radius 3 is 2.67 bits per heavy atom. The number of nitrogens with one attached hydrogen (secondary N) is 1. The molecule has 1 N–H and O–H groups in total. The standard InChI is InChI=1S/C19H24N2O3/c1-12-5-3-4-6-16(12)13-7-15(8-13)21-18(23)24-11-19(21)9-14(10-19)17(22)20-2/h3-6,13-15H,7-11H2,1-2H3,(H,20,22). The van der Waals surface area contributed by atoms with Crippen LogP contribution in [0.3, 0.4) is 0 Å². The number of nitrogens with zero attached hydrogens (tertiary/aromatic N) is 1. The van der Waals surface area contributed by atoms with Crippen LogP contribution in [0.5, 0.6) is 0 Å². The van der Waals surface area contributed by atoms with Gasteiger partial charge in [-0.05, 0) is 49.7 Å². The van der Waals surface area contributed by atoms with Gasteiger partial charge in [0.2, 0.25) is 5.91 Å². The zero-order valence-corrected chi connectivity index (χ0v) is 14.2. The molecule has 3 aliphatic rings. The molecule has 2 saturated carbocycles. The molecule has 2 aliphatic carbocycles. The topological polar surface area (TPSA) is 58.6 Å². The van der Waals surface area contributed by atoms with Gasteiger partial charge in [-0.15, -0.1) is 0 Å². The van der Waals surface area contributed by atoms with Gasteiger partial charge in [0.15, 0.2) is 0 Å². The van der Waals surface area contributed by atoms with E-state index < -0.39 is 0 Å². The summed E-state index contributed by atoms with van der Waals surface area (Å²) in [6.45, 7) is 2.58. The van der Waals surface area contributed by atoms with Gasteiger partial charge < -0.3 is 10.1 Å². The molecule has 3 fully saturated rings. The average Bonchev–Trinajstić information content (AvgIpc) is 2.83. The number of aryl methyl sites for hydroxylation is 1. The van der Waals surface area contributed by atoms with Gasteiger partial charge in [-0.25, -0.2) is 4.79 Å². The van der Waals surface area contributed by atoms with Crippen molar-refractivity contribution in [3.8, 4) is 0 Å². The Bertz CT molecular complexity index is 675. The van der Waals surface area contributed by atoms with Crippen LogP contribution >= 0.6 is 0 Å². The second kappa shape index (κ2) is 5.50. The Hall–Kier alpha value is -2.04. The van der Waals surface area contributed by atoms with E-state index in [0.717, 1.165) is 25.7 Å². The first-order valence-electron chi connectivity index (χ1n) is 8.77. The Morgan fingerprint density at radius 2 is 2.00 bits per heavy atom. The van der Waals surface area contributed by atoms with Crippen LogP contribution in [-0.4, -0.2) is 42.1 Å². The number of cyclic esters (lactones) is 1. The number of carbonyl (C=O) groups is 2. The van der Waals surface area contributed by atoms with Gasteiger partial charge in [-0.3, -0.25) is 9.69 Å². The Balaban J connectivity index is 1.44. The van der Waals surface area contributed by atoms with Crippen LogP contribution in [-0.2, 0) is 9.53 Å². The quantitative estimate of drug-likeness (QED) is 0.928. The van der Waals surface area contributed by atoms with E-state index in [2.05, 4.69) is 36.5 Å². The molecule has 0 unspecified atom stereocenters. The first-order valence-corrected chi connectivity index (χ1v) is 8.77. The fourth-order valence-electron chi connectivity index (χ4n) is 4.72. The second-order valence-corrected chi connectivity index (χ2v) is 7.55. The summed E-state index contributed by atoms with van der Waals surface area (Å²) in [4.78, 5) is 26.0. The highest BCUT2D eigenvalue weighted by Gasteiger charge is 2.60. The van der Waals surface area contributed by atoms with Gasteiger partial charge in [0, 0.05) is 19.0 Å². The summed E-state index contributed by atoms with van der Waals surface area (Å²) < 4.78 is 5.36. The third kappa shape index (κ3) is 2.21. The monoisotopic (exact) mass is 328 g/mol. The number of hydrogen-bond donors (Lipinski definition) is 1. The number of carbonyl (C=O) groups excluding carboxylic acids is 2. The van der Waals surface area contributed by atoms with Crippen LogP contribution in [0.15, 0.2) is 24.3 Å². The second-order valence-electron chi connectivity index (χ2n) is 7.55. The smallest absolute Gasteiger partial charge is 0.410 e. The highest BCUT2D eigenvalue weighted by molar-refractivity contribution is 5.81. The van der Waals surface area contributed by atoms with Crippen molar-refractivity contribution in [1.29, 1.82) is 0 Å². The van der Waals surface area contributed by atoms with Gasteiger partial charge in [0.25, 0.3) is 0 Å². The van der Waals surface area contributed by atoms with Crippen molar-refractivity contribution in [3.05, 3.63) is 35.4 Å². The molecule has 128 valence electrons. The predicted octanol–water partition coefficient (Wildman–Crippen LogP) is 2.59. The summed E-state index contributed by atoms with van der Waals surface area (Å²) in [5, 5.41) is 2.71. The lowest BCUT2D eigenvalue weighted by Crippen LogP contribution is -2.63. The van der Waals surface area contributed by atoms with Gasteiger partial charge >= 0.3 is 6.09 Å². The molecule has 0 radical (unpaired) electrons. The van der Waals surface area contributed by atoms with Gasteiger partial charge in [0.05, 0.1) is 5.54 Å². The average molecular weight is 328 g/mol. The van der Waals surface area contributed by atoms with Gasteiger partial charge in [-0.1, -0.05) is 24.3 Å². The molecule has 4 rings (SSSR count). The van der Waals surface area contributed by atoms with Crippen LogP contribution < -0.4 is 5.32 Å². The summed E-state index contributed by atoms with van der Waals surface area (Å²) in [5.41, 5.74) is 2.48. The molecule has 0 atom stereocenters. The third-order valence-electron chi connectivity index (χ3n) is 6.15. The molecule has 5 heteroatoms. The normalized spacial score (nSPS) is 34.5. The maximum atomic E-state index is 12.3. The zero-order valence-electron chi connectivity index (χ0n) is 14.2. The maximum Gasteiger partial charge on any atom is 0.410 e. The van der Waals surface area contributed by atoms with Crippen molar-refractivity contribution in [2.24, 2.45) is 5.92 Å². The van der Waals surface area contributed by atoms with Crippen molar-refractivity contribution in [3.63, 3.8) is 0 Å². The summed E-state index contributed by atoms with van der Waals surface area (Å²) in [7, 11) is 1.67. The largest absolute Gasteiger partial charge is 0.447 e. The first-order chi connectivity index (χ1) is 11.5. The first kappa shape index (κ1) is 15.5. The lowest BCUT2D eigenvalue weighted by molar-refractivity contribution is -0.133. The van der Waals surface area contributed by atoms with Gasteiger partial charge in [-0.2, -0.15) is 0 Å². The molecule has 1 heterocycles. The molecular weight excluding hydrogens is 304 g/mol. The number of hydrogen-bond acceptors (Lipinski definition) is 3. The highest BCUT2D eigenvalue weighted by Crippen LogP contribution is 2.52. The molecule has 2 amide bonds. The Labute approximate surface area is 142 Å². The molecular formula is C19H24N2O3. The van der Waals surface area contributed by atoms with E-state index in [-0.39, 0.29) is 29.5 Å². The molecule has 1 spiro atoms. The minimum Gasteiger partial charge on any atom is -0.447 e. The lowest BCUT2D eigenvalue weighted by Gasteiger charge is -2.53. The Kier molecular flexibility index (Phi) is 3.55. The molecule has 1 saturated heterocycles. The highest BCUT2D eigenvalue weighted by atomic mass is 16.6. The third-order valence-corrected chi connectivity index (χ3v) is 6.15. The Morgan fingerprint density at radius 1 is 1.29 bits per heavy atom. The van der Waals surface area contributed by atoms with Crippen LogP contribution in [0.4, 0.5) is 4.79 Å². The number of rotatable bonds is 3. The van der Waals surface area contributed by atoms with E-state index in [4.69, 9.17) is 4.74 Å². The van der Waals surface area contributed by atoms with Gasteiger partial charge in [0.1, 0.15) is 6.61 Å². The molecule has 24 heavy (non-hydrogen) atoms. The van der Waals surface area contributed by atoms with Crippen molar-refractivity contribution < 1.29 is 14.3 Å². The van der Waals surface area contributed by atoms with Crippen molar-refractivity contribution in [1.82, 2.24) is 10.2 Å². The van der Waals surface area contributed by atoms with Crippen molar-refractivity contribution in [2.75, 3.05) is 13.7 Å². The summed E-state index contributed by atoms with van der Waals surface area (Å²) >= 11 is 0. The van der Waals surface area contributed by atoms with E-state index in [1.165, 1.54) is 11.1 Å². The van der Waals surface area contributed by atoms with Crippen LogP contribution in [0.2, 0.25) is 0 Å². The van der Waals surface area contributed by atoms with E-state index in [1.807, 2.05) is 4.90 Å². The molecule has 5 nitrogen and oxygen atoms in total. The minimum absolute atomic E-state index is 0.0132. The SMILES string of the molecule is CNC(=O)C1CC2(COC(=O)N2C2CC(c3ccccc3C)C2)C1. The zero-order chi connectivity index (χ0) is 16.9. The molecule has 1 aromatic rings. The van der Waals surface area contributed by atoms with Crippen LogP contribution in [0.25, 0.3) is 0 Å². The summed E-state index contributed by atoms with van der Waals surface area (Å²) in [6.07, 6.45) is 3.24. The molecule has 0 bridgehead atoms. The van der Waals surface area contributed by atoms with Crippen molar-refractivity contribution >= 4 is 12.0 Å². The lowest BCUT2D eigenvalue weighted by atomic mass is 9.65. The molecule has 1 aromatic carbocycles. The van der Waals surface area contributed by atoms with Crippen molar-refractivity contribution in [2.45, 2.75) is 50.1 Å². The van der Waals surface area contributed by atoms with Crippen LogP contribution in [0.1, 0.15) is 42.7 Å². The predicted molar refractivity (Wildman–Crippen MR) is 89.7 cm³/mol. The van der Waals surface area contributed by atoms with E-state index in [0.29, 0.717) is 12.5 Å². The van der Waals surface area contributed by atoms with E-state index in [9.17, 15) is 9.59 Å². The maximum absolute atomic E-state index is 12.3. The number of benzene rings is 1. The fraction of sp³-hybridized carbons (Fsp3) is 0.579. The number of amides is 2. The summed E-state index contributed by atoms with van der Waals surface area (Å²) in [5.74, 6) is 0.613. The van der Waals surface area contributed by atoms with E-state index >= 15 is 0 Å². The fourth-order valence-corrected chi connectivity index (χ4v) is 4.72. The summed E-state index contributed by atoms with van der Waals surface area (Å²) in [6, 6.07) is 8.74. The number of ether oxygens (including phenoxy) is 1. The molecule has 0 aromatic heterocycles. The van der Waals surface area contributed by atoms with E-state index in [1.54, 1.807) is 7.05 Å².